The van der Waals surface area contributed by atoms with Crippen molar-refractivity contribution in [1.82, 2.24) is 0 Å². The molecule has 0 aliphatic heterocycles. The normalized spacial score (nSPS) is 9.04. The van der Waals surface area contributed by atoms with Crippen LogP contribution in [0, 0.1) is 11.3 Å². The number of rotatable bonds is 6. The maximum absolute atomic E-state index is 9.22. The third-order valence-electron chi connectivity index (χ3n) is 3.32. The van der Waals surface area contributed by atoms with Crippen LogP contribution in [0.15, 0.2) is 36.4 Å². The van der Waals surface area contributed by atoms with E-state index in [1.165, 1.54) is 0 Å². The number of para-hydroxylation sites is 1. The van der Waals surface area contributed by atoms with Gasteiger partial charge in [0.15, 0.2) is 0 Å². The lowest BCUT2D eigenvalue weighted by atomic mass is 10.1. The van der Waals surface area contributed by atoms with Crippen LogP contribution < -0.4 is 25.3 Å². The molecule has 0 unspecified atom stereocenters. The molecule has 0 heterocycles. The van der Waals surface area contributed by atoms with Gasteiger partial charge in [0.2, 0.25) is 6.41 Å². The first-order valence-corrected chi connectivity index (χ1v) is 7.32. The minimum Gasteiger partial charge on any atom is -0.497 e. The van der Waals surface area contributed by atoms with E-state index in [2.05, 4.69) is 17.1 Å². The summed E-state index contributed by atoms with van der Waals surface area (Å²) in [4.78, 5) is 8.58. The van der Waals surface area contributed by atoms with Crippen LogP contribution >= 0.6 is 0 Å². The molecule has 3 N–H and O–H groups in total. The molecule has 0 aliphatic rings. The minimum atomic E-state index is 0.250. The maximum atomic E-state index is 9.22. The smallest absolute Gasteiger partial charge is 0.204 e. The number of nitrogens with zero attached hydrogens (tertiary/aromatic N) is 1. The summed E-state index contributed by atoms with van der Waals surface area (Å²) in [6, 6.07) is 13.1. The third kappa shape index (κ3) is 5.32. The Bertz CT molecular complexity index is 742. The first kappa shape index (κ1) is 19.6. The number of nitriles is 1. The zero-order valence-electron chi connectivity index (χ0n) is 14.4. The van der Waals surface area contributed by atoms with Crippen LogP contribution in [0.25, 0.3) is 0 Å². The van der Waals surface area contributed by atoms with Crippen LogP contribution in [-0.2, 0) is 11.3 Å². The highest BCUT2D eigenvalue weighted by molar-refractivity contribution is 5.66. The molecule has 2 aromatic carbocycles. The SMILES string of the molecule is COc1ccc(CNc2c(C#N)cccc2OC)c(OC)c1.NC=O. The van der Waals surface area contributed by atoms with E-state index in [4.69, 9.17) is 19.0 Å². The quantitative estimate of drug-likeness (QED) is 0.780. The second kappa shape index (κ2) is 10.4. The van der Waals surface area contributed by atoms with Gasteiger partial charge < -0.3 is 25.3 Å². The van der Waals surface area contributed by atoms with Gasteiger partial charge in [-0.3, -0.25) is 4.79 Å². The Balaban J connectivity index is 0.000000970. The molecular weight excluding hydrogens is 322 g/mol. The molecule has 0 aromatic heterocycles. The third-order valence-corrected chi connectivity index (χ3v) is 3.32. The van der Waals surface area contributed by atoms with Crippen LogP contribution in [0.1, 0.15) is 11.1 Å². The van der Waals surface area contributed by atoms with Crippen molar-refractivity contribution in [2.24, 2.45) is 5.73 Å². The minimum absolute atomic E-state index is 0.250. The van der Waals surface area contributed by atoms with Gasteiger partial charge in [-0.15, -0.1) is 0 Å². The zero-order chi connectivity index (χ0) is 18.7. The van der Waals surface area contributed by atoms with Crippen LogP contribution in [0.5, 0.6) is 17.2 Å². The van der Waals surface area contributed by atoms with Crippen LogP contribution in [0.2, 0.25) is 0 Å². The number of nitrogens with one attached hydrogen (secondary N) is 1. The molecule has 7 nitrogen and oxygen atoms in total. The summed E-state index contributed by atoms with van der Waals surface area (Å²) in [5.41, 5.74) is 6.33. The van der Waals surface area contributed by atoms with Crippen LogP contribution in [-0.4, -0.2) is 27.7 Å². The van der Waals surface area contributed by atoms with E-state index in [1.54, 1.807) is 33.5 Å². The molecule has 132 valence electrons. The molecule has 0 bridgehead atoms. The summed E-state index contributed by atoms with van der Waals surface area (Å²) in [5, 5.41) is 12.5. The standard InChI is InChI=1S/C17H18N2O3.CH3NO/c1-20-14-8-7-13(16(9-14)22-3)11-19-17-12(10-18)5-4-6-15(17)21-2;2-1-3/h4-9,19H,11H2,1-3H3;1H,(H2,2,3). The average Bonchev–Trinajstić information content (AvgIpc) is 2.66. The second-order valence-corrected chi connectivity index (χ2v) is 4.66. The van der Waals surface area contributed by atoms with Gasteiger partial charge in [-0.2, -0.15) is 5.26 Å². The van der Waals surface area contributed by atoms with E-state index in [-0.39, 0.29) is 6.41 Å². The van der Waals surface area contributed by atoms with Gasteiger partial charge >= 0.3 is 0 Å². The Morgan fingerprint density at radius 3 is 2.36 bits per heavy atom. The number of nitrogens with two attached hydrogens (primary N) is 1. The summed E-state index contributed by atoms with van der Waals surface area (Å²) < 4.78 is 15.9. The summed E-state index contributed by atoms with van der Waals surface area (Å²) in [6.07, 6.45) is 0.250. The van der Waals surface area contributed by atoms with Gasteiger partial charge in [-0.05, 0) is 24.3 Å². The number of ether oxygens (including phenoxy) is 3. The molecule has 0 atom stereocenters. The Labute approximate surface area is 146 Å². The first-order valence-electron chi connectivity index (χ1n) is 7.32. The topological polar surface area (TPSA) is 107 Å². The van der Waals surface area contributed by atoms with Crippen molar-refractivity contribution in [3.05, 3.63) is 47.5 Å². The van der Waals surface area contributed by atoms with Gasteiger partial charge in [-0.25, -0.2) is 0 Å². The Morgan fingerprint density at radius 2 is 1.80 bits per heavy atom. The number of carbonyl (C=O) groups is 1. The molecule has 0 saturated carbocycles. The van der Waals surface area contributed by atoms with Crippen molar-refractivity contribution in [2.75, 3.05) is 26.6 Å². The van der Waals surface area contributed by atoms with Crippen molar-refractivity contribution in [3.8, 4) is 23.3 Å². The molecule has 0 radical (unpaired) electrons. The molecule has 2 rings (SSSR count). The highest BCUT2D eigenvalue weighted by Gasteiger charge is 2.10. The van der Waals surface area contributed by atoms with E-state index in [0.29, 0.717) is 23.5 Å². The van der Waals surface area contributed by atoms with E-state index in [0.717, 1.165) is 17.1 Å². The molecule has 25 heavy (non-hydrogen) atoms. The summed E-state index contributed by atoms with van der Waals surface area (Å²) in [6.45, 7) is 0.502. The van der Waals surface area contributed by atoms with Crippen molar-refractivity contribution in [2.45, 2.75) is 6.54 Å². The van der Waals surface area contributed by atoms with Gasteiger partial charge in [0.05, 0.1) is 32.6 Å². The number of hydrogen-bond acceptors (Lipinski definition) is 6. The van der Waals surface area contributed by atoms with Gasteiger partial charge in [0, 0.05) is 18.2 Å². The largest absolute Gasteiger partial charge is 0.497 e. The predicted octanol–water partition coefficient (Wildman–Crippen LogP) is 2.30. The number of methoxy groups -OCH3 is 3. The van der Waals surface area contributed by atoms with Crippen LogP contribution in [0.3, 0.4) is 0 Å². The molecular formula is C18H21N3O4. The number of anilines is 1. The Hall–Kier alpha value is -3.40. The Morgan fingerprint density at radius 1 is 1.12 bits per heavy atom. The maximum Gasteiger partial charge on any atom is 0.204 e. The zero-order valence-corrected chi connectivity index (χ0v) is 14.4. The molecule has 7 heteroatoms. The lowest BCUT2D eigenvalue weighted by Crippen LogP contribution is -2.05. The number of carbonyl (C=O) groups excluding carboxylic acids is 1. The van der Waals surface area contributed by atoms with Crippen molar-refractivity contribution in [1.29, 1.82) is 5.26 Å². The highest BCUT2D eigenvalue weighted by atomic mass is 16.5. The molecule has 0 aliphatic carbocycles. The number of amides is 1. The average molecular weight is 343 g/mol. The van der Waals surface area contributed by atoms with Crippen molar-refractivity contribution in [3.63, 3.8) is 0 Å². The fourth-order valence-electron chi connectivity index (χ4n) is 2.16. The molecule has 0 fully saturated rings. The molecule has 1 amide bonds. The summed E-state index contributed by atoms with van der Waals surface area (Å²) in [7, 11) is 4.80. The van der Waals surface area contributed by atoms with E-state index < -0.39 is 0 Å². The van der Waals surface area contributed by atoms with Gasteiger partial charge in [0.25, 0.3) is 0 Å². The molecule has 0 spiro atoms. The summed E-state index contributed by atoms with van der Waals surface area (Å²) >= 11 is 0. The fraction of sp³-hybridized carbons (Fsp3) is 0.222. The van der Waals surface area contributed by atoms with Crippen molar-refractivity contribution >= 4 is 12.1 Å². The lowest BCUT2D eigenvalue weighted by Gasteiger charge is -2.15. The second-order valence-electron chi connectivity index (χ2n) is 4.66. The van der Waals surface area contributed by atoms with Crippen LogP contribution in [0.4, 0.5) is 5.69 Å². The highest BCUT2D eigenvalue weighted by Crippen LogP contribution is 2.30. The van der Waals surface area contributed by atoms with Crippen molar-refractivity contribution < 1.29 is 19.0 Å². The lowest BCUT2D eigenvalue weighted by molar-refractivity contribution is -0.106. The van der Waals surface area contributed by atoms with Gasteiger partial charge in [-0.1, -0.05) is 6.07 Å². The first-order chi connectivity index (χ1) is 12.1. The fourth-order valence-corrected chi connectivity index (χ4v) is 2.16. The van der Waals surface area contributed by atoms with E-state index >= 15 is 0 Å². The number of benzene rings is 2. The van der Waals surface area contributed by atoms with E-state index in [1.807, 2.05) is 24.3 Å². The molecule has 2 aromatic rings. The Kier molecular flexibility index (Phi) is 8.16. The summed E-state index contributed by atoms with van der Waals surface area (Å²) in [5.74, 6) is 2.09. The monoisotopic (exact) mass is 343 g/mol. The van der Waals surface area contributed by atoms with E-state index in [9.17, 15) is 5.26 Å². The number of hydrogen-bond donors (Lipinski definition) is 2. The predicted molar refractivity (Wildman–Crippen MR) is 94.8 cm³/mol. The molecule has 0 saturated heterocycles. The van der Waals surface area contributed by atoms with Gasteiger partial charge in [0.1, 0.15) is 23.3 Å². The number of primary amides is 1.